The van der Waals surface area contributed by atoms with Crippen molar-refractivity contribution in [2.45, 2.75) is 18.8 Å². The number of imidazole rings is 1. The molecule has 0 radical (unpaired) electrons. The molecule has 124 valence electrons. The van der Waals surface area contributed by atoms with E-state index in [1.807, 2.05) is 18.2 Å². The molecule has 1 aliphatic carbocycles. The van der Waals surface area contributed by atoms with Gasteiger partial charge in [-0.1, -0.05) is 23.8 Å². The molecule has 5 nitrogen and oxygen atoms in total. The van der Waals surface area contributed by atoms with Gasteiger partial charge in [0.15, 0.2) is 5.69 Å². The molecule has 1 aliphatic rings. The van der Waals surface area contributed by atoms with Crippen molar-refractivity contribution in [2.75, 3.05) is 0 Å². The Morgan fingerprint density at radius 2 is 2.25 bits per heavy atom. The van der Waals surface area contributed by atoms with Crippen molar-refractivity contribution in [2.24, 2.45) is 5.92 Å². The van der Waals surface area contributed by atoms with E-state index in [0.29, 0.717) is 23.1 Å². The number of nitrogens with zero attached hydrogens (tertiary/aromatic N) is 3. The van der Waals surface area contributed by atoms with Crippen LogP contribution < -0.4 is 0 Å². The van der Waals surface area contributed by atoms with E-state index in [2.05, 4.69) is 9.97 Å². The van der Waals surface area contributed by atoms with Gasteiger partial charge in [0, 0.05) is 35.5 Å². The largest absolute Gasteiger partial charge is 0.477 e. The zero-order valence-corrected chi connectivity index (χ0v) is 14.4. The molecule has 0 saturated heterocycles. The summed E-state index contributed by atoms with van der Waals surface area (Å²) in [6, 6.07) is 3.63. The van der Waals surface area contributed by atoms with Gasteiger partial charge < -0.3 is 9.67 Å². The Morgan fingerprint density at radius 1 is 1.46 bits per heavy atom. The van der Waals surface area contributed by atoms with E-state index in [1.165, 1.54) is 0 Å². The average molecular weight is 364 g/mol. The summed E-state index contributed by atoms with van der Waals surface area (Å²) < 4.78 is 1.68. The highest BCUT2D eigenvalue weighted by Gasteiger charge is 2.26. The second-order valence-corrected chi connectivity index (χ2v) is 6.49. The van der Waals surface area contributed by atoms with Gasteiger partial charge in [-0.2, -0.15) is 0 Å². The Bertz CT molecular complexity index is 828. The fraction of sp³-hybridized carbons (Fsp3) is 0.235. The Labute approximate surface area is 149 Å². The minimum Gasteiger partial charge on any atom is -0.477 e. The summed E-state index contributed by atoms with van der Waals surface area (Å²) >= 11 is 12.4. The maximum Gasteiger partial charge on any atom is 0.354 e. The average Bonchev–Trinajstić information content (AvgIpc) is 2.88. The van der Waals surface area contributed by atoms with Crippen molar-refractivity contribution in [3.8, 4) is 11.4 Å². The van der Waals surface area contributed by atoms with E-state index in [4.69, 9.17) is 23.2 Å². The molecule has 2 heterocycles. The summed E-state index contributed by atoms with van der Waals surface area (Å²) in [5.41, 5.74) is 1.35. The third-order valence-electron chi connectivity index (χ3n) is 3.88. The molecule has 1 N–H and O–H groups in total. The Balaban J connectivity index is 2.08. The van der Waals surface area contributed by atoms with Crippen LogP contribution in [0, 0.1) is 12.8 Å². The van der Waals surface area contributed by atoms with Crippen LogP contribution in [-0.4, -0.2) is 31.0 Å². The van der Waals surface area contributed by atoms with Crippen molar-refractivity contribution in [1.29, 1.82) is 0 Å². The summed E-state index contributed by atoms with van der Waals surface area (Å²) in [5, 5.41) is 9.92. The van der Waals surface area contributed by atoms with E-state index in [0.717, 1.165) is 5.56 Å². The summed E-state index contributed by atoms with van der Waals surface area (Å²) in [6.07, 6.45) is 8.71. The van der Waals surface area contributed by atoms with Gasteiger partial charge >= 0.3 is 5.97 Å². The summed E-state index contributed by atoms with van der Waals surface area (Å²) in [6.45, 7) is 2.04. The van der Waals surface area contributed by atoms with Gasteiger partial charge in [0.2, 0.25) is 0 Å². The maximum absolute atomic E-state index is 11.7. The summed E-state index contributed by atoms with van der Waals surface area (Å²) in [5.74, 6) is -0.602. The second-order valence-electron chi connectivity index (χ2n) is 5.55. The molecular formula is C17H15Cl2N3O2. The molecule has 24 heavy (non-hydrogen) atoms. The molecule has 0 spiro atoms. The third kappa shape index (κ3) is 3.23. The first-order chi connectivity index (χ1) is 11.5. The fourth-order valence-corrected chi connectivity index (χ4v) is 3.24. The summed E-state index contributed by atoms with van der Waals surface area (Å²) in [4.78, 5) is 20.2. The fourth-order valence-electron chi connectivity index (χ4n) is 2.78. The number of pyridine rings is 1. The van der Waals surface area contributed by atoms with E-state index >= 15 is 0 Å². The first-order valence-electron chi connectivity index (χ1n) is 7.37. The number of halogens is 2. The number of alkyl halides is 1. The maximum atomic E-state index is 11.7. The van der Waals surface area contributed by atoms with E-state index < -0.39 is 5.97 Å². The smallest absolute Gasteiger partial charge is 0.354 e. The highest BCUT2D eigenvalue weighted by Crippen LogP contribution is 2.29. The molecule has 2 unspecified atom stereocenters. The highest BCUT2D eigenvalue weighted by atomic mass is 35.5. The van der Waals surface area contributed by atoms with E-state index in [1.54, 1.807) is 36.0 Å². The van der Waals surface area contributed by atoms with Crippen molar-refractivity contribution < 1.29 is 9.90 Å². The topological polar surface area (TPSA) is 68.0 Å². The predicted molar refractivity (Wildman–Crippen MR) is 93.4 cm³/mol. The number of carbonyl (C=O) groups is 1. The molecule has 0 saturated carbocycles. The SMILES string of the molecule is Cc1nc(-c2cccnc2)n(CC2C=C(Cl)C=CC2Cl)c1C(=O)O. The molecule has 2 aromatic heterocycles. The van der Waals surface area contributed by atoms with Gasteiger partial charge in [0.25, 0.3) is 0 Å². The monoisotopic (exact) mass is 363 g/mol. The second kappa shape index (κ2) is 6.79. The van der Waals surface area contributed by atoms with Crippen LogP contribution in [0.2, 0.25) is 0 Å². The van der Waals surface area contributed by atoms with E-state index in [-0.39, 0.29) is 17.0 Å². The van der Waals surface area contributed by atoms with Crippen LogP contribution in [0.5, 0.6) is 0 Å². The molecule has 0 aromatic carbocycles. The highest BCUT2D eigenvalue weighted by molar-refractivity contribution is 6.31. The Morgan fingerprint density at radius 3 is 2.92 bits per heavy atom. The predicted octanol–water partition coefficient (Wildman–Crippen LogP) is 3.87. The molecule has 0 aliphatic heterocycles. The lowest BCUT2D eigenvalue weighted by Crippen LogP contribution is -2.22. The molecule has 0 bridgehead atoms. The molecule has 7 heteroatoms. The zero-order valence-electron chi connectivity index (χ0n) is 12.9. The van der Waals surface area contributed by atoms with Crippen LogP contribution in [0.3, 0.4) is 0 Å². The van der Waals surface area contributed by atoms with Crippen LogP contribution in [0.15, 0.2) is 47.8 Å². The quantitative estimate of drug-likeness (QED) is 0.837. The summed E-state index contributed by atoms with van der Waals surface area (Å²) in [7, 11) is 0. The number of carboxylic acid groups (broad SMARTS) is 1. The van der Waals surface area contributed by atoms with Crippen molar-refractivity contribution in [3.63, 3.8) is 0 Å². The first-order valence-corrected chi connectivity index (χ1v) is 8.19. The number of aromatic nitrogens is 3. The van der Waals surface area contributed by atoms with Crippen LogP contribution in [-0.2, 0) is 6.54 Å². The number of aryl methyl sites for hydroxylation is 1. The van der Waals surface area contributed by atoms with Gasteiger partial charge in [-0.3, -0.25) is 4.98 Å². The van der Waals surface area contributed by atoms with Crippen LogP contribution in [0.25, 0.3) is 11.4 Å². The standard InChI is InChI=1S/C17H15Cl2N3O2/c1-10-15(17(23)24)22(9-12-7-13(18)4-5-14(12)19)16(21-10)11-3-2-6-20-8-11/h2-8,12,14H,9H2,1H3,(H,23,24). The number of carboxylic acids is 1. The lowest BCUT2D eigenvalue weighted by Gasteiger charge is -2.22. The zero-order chi connectivity index (χ0) is 17.3. The molecule has 0 amide bonds. The molecule has 3 rings (SSSR count). The lowest BCUT2D eigenvalue weighted by molar-refractivity contribution is 0.0683. The van der Waals surface area contributed by atoms with Gasteiger partial charge in [-0.15, -0.1) is 11.6 Å². The van der Waals surface area contributed by atoms with Crippen LogP contribution >= 0.6 is 23.2 Å². The van der Waals surface area contributed by atoms with Gasteiger partial charge in [0.1, 0.15) is 5.82 Å². The van der Waals surface area contributed by atoms with Crippen molar-refractivity contribution in [3.05, 3.63) is 59.2 Å². The molecule has 2 aromatic rings. The first kappa shape index (κ1) is 16.7. The van der Waals surface area contributed by atoms with Crippen molar-refractivity contribution >= 4 is 29.2 Å². The van der Waals surface area contributed by atoms with E-state index in [9.17, 15) is 9.90 Å². The number of rotatable bonds is 4. The number of hydrogen-bond donors (Lipinski definition) is 1. The van der Waals surface area contributed by atoms with Crippen molar-refractivity contribution in [1.82, 2.24) is 14.5 Å². The lowest BCUT2D eigenvalue weighted by atomic mass is 9.99. The number of hydrogen-bond acceptors (Lipinski definition) is 3. The Hall–Kier alpha value is -2.11. The third-order valence-corrected chi connectivity index (χ3v) is 4.60. The van der Waals surface area contributed by atoms with Gasteiger partial charge in [-0.25, -0.2) is 9.78 Å². The molecule has 2 atom stereocenters. The number of allylic oxidation sites excluding steroid dienone is 4. The van der Waals surface area contributed by atoms with Gasteiger partial charge in [-0.05, 0) is 25.1 Å². The van der Waals surface area contributed by atoms with Gasteiger partial charge in [0.05, 0.1) is 11.1 Å². The van der Waals surface area contributed by atoms with Crippen LogP contribution in [0.1, 0.15) is 16.2 Å². The number of aromatic carboxylic acids is 1. The minimum atomic E-state index is -1.03. The molecule has 0 fully saturated rings. The minimum absolute atomic E-state index is 0.133. The Kier molecular flexibility index (Phi) is 4.73. The normalized spacial score (nSPS) is 20.0. The molecular weight excluding hydrogens is 349 g/mol. The van der Waals surface area contributed by atoms with Crippen LogP contribution in [0.4, 0.5) is 0 Å².